The molecule has 0 radical (unpaired) electrons. The topological polar surface area (TPSA) is 54.3 Å². The van der Waals surface area contributed by atoms with Gasteiger partial charge in [0, 0.05) is 24.8 Å². The van der Waals surface area contributed by atoms with Crippen molar-refractivity contribution in [1.29, 1.82) is 0 Å². The Morgan fingerprint density at radius 2 is 2.04 bits per heavy atom. The van der Waals surface area contributed by atoms with Crippen molar-refractivity contribution in [3.05, 3.63) is 53.6 Å². The van der Waals surface area contributed by atoms with Crippen molar-refractivity contribution < 1.29 is 4.79 Å². The van der Waals surface area contributed by atoms with Crippen molar-refractivity contribution in [2.24, 2.45) is 7.05 Å². The van der Waals surface area contributed by atoms with Gasteiger partial charge in [-0.3, -0.25) is 4.79 Å². The van der Waals surface area contributed by atoms with Crippen LogP contribution in [-0.4, -0.2) is 52.5 Å². The maximum atomic E-state index is 13.5. The Morgan fingerprint density at radius 1 is 1.23 bits per heavy atom. The number of hydrogen-bond acceptors (Lipinski definition) is 4. The molecule has 0 aliphatic carbocycles. The van der Waals surface area contributed by atoms with E-state index in [0.29, 0.717) is 5.56 Å². The lowest BCUT2D eigenvalue weighted by molar-refractivity contribution is 0.0968. The first kappa shape index (κ1) is 16.7. The molecule has 0 saturated heterocycles. The summed E-state index contributed by atoms with van der Waals surface area (Å²) >= 11 is 0. The van der Waals surface area contributed by atoms with Crippen LogP contribution in [0, 0.1) is 0 Å². The number of carbonyl (C=O) groups is 1. The molecular formula is C20H23N5O. The summed E-state index contributed by atoms with van der Waals surface area (Å²) in [5.74, 6) is 0.0344. The summed E-state index contributed by atoms with van der Waals surface area (Å²) < 4.78 is 1.70. The zero-order valence-electron chi connectivity index (χ0n) is 15.4. The summed E-state index contributed by atoms with van der Waals surface area (Å²) in [6.07, 6.45) is 1.97. The number of nitrogens with zero attached hydrogens (tertiary/aromatic N) is 5. The number of anilines is 1. The smallest absolute Gasteiger partial charge is 0.258 e. The number of aryl methyl sites for hydroxylation is 2. The fraction of sp³-hybridized carbons (Fsp3) is 0.350. The predicted octanol–water partition coefficient (Wildman–Crippen LogP) is 2.49. The van der Waals surface area contributed by atoms with Crippen LogP contribution in [0.3, 0.4) is 0 Å². The van der Waals surface area contributed by atoms with Crippen LogP contribution in [0.25, 0.3) is 11.0 Å². The summed E-state index contributed by atoms with van der Waals surface area (Å²) in [7, 11) is 5.95. The van der Waals surface area contributed by atoms with Crippen LogP contribution in [-0.2, 0) is 13.5 Å². The van der Waals surface area contributed by atoms with E-state index < -0.39 is 0 Å². The Hall–Kier alpha value is -2.73. The minimum absolute atomic E-state index is 0.0344. The van der Waals surface area contributed by atoms with Crippen molar-refractivity contribution in [3.8, 4) is 0 Å². The van der Waals surface area contributed by atoms with Gasteiger partial charge in [-0.05, 0) is 56.8 Å². The molecule has 1 aliphatic rings. The van der Waals surface area contributed by atoms with Crippen LogP contribution < -0.4 is 4.90 Å². The Labute approximate surface area is 153 Å². The van der Waals surface area contributed by atoms with Gasteiger partial charge in [0.25, 0.3) is 5.91 Å². The Balaban J connectivity index is 1.77. The molecule has 1 aromatic heterocycles. The summed E-state index contributed by atoms with van der Waals surface area (Å²) in [5, 5.41) is 8.14. The van der Waals surface area contributed by atoms with E-state index in [2.05, 4.69) is 41.4 Å². The highest BCUT2D eigenvalue weighted by Gasteiger charge is 2.32. The van der Waals surface area contributed by atoms with Gasteiger partial charge in [-0.15, -0.1) is 5.10 Å². The molecule has 26 heavy (non-hydrogen) atoms. The molecule has 1 unspecified atom stereocenters. The third-order valence-electron chi connectivity index (χ3n) is 5.02. The summed E-state index contributed by atoms with van der Waals surface area (Å²) in [5.41, 5.74) is 4.60. The molecule has 4 rings (SSSR count). The van der Waals surface area contributed by atoms with E-state index in [1.54, 1.807) is 4.68 Å². The van der Waals surface area contributed by atoms with Crippen molar-refractivity contribution >= 4 is 22.6 Å². The fourth-order valence-electron chi connectivity index (χ4n) is 3.78. The van der Waals surface area contributed by atoms with Gasteiger partial charge < -0.3 is 9.80 Å². The maximum absolute atomic E-state index is 13.5. The number of rotatable bonds is 3. The lowest BCUT2D eigenvalue weighted by Crippen LogP contribution is -2.48. The molecule has 0 N–H and O–H groups in total. The average molecular weight is 349 g/mol. The highest BCUT2D eigenvalue weighted by atomic mass is 16.2. The largest absolute Gasteiger partial charge is 0.307 e. The molecule has 0 bridgehead atoms. The van der Waals surface area contributed by atoms with Gasteiger partial charge in [0.05, 0.1) is 11.6 Å². The highest BCUT2D eigenvalue weighted by Crippen LogP contribution is 2.32. The molecule has 3 aromatic rings. The molecule has 0 fully saturated rings. The first-order valence-electron chi connectivity index (χ1n) is 8.90. The quantitative estimate of drug-likeness (QED) is 0.729. The van der Waals surface area contributed by atoms with Crippen LogP contribution in [0.4, 0.5) is 5.69 Å². The average Bonchev–Trinajstić information content (AvgIpc) is 3.01. The second-order valence-electron chi connectivity index (χ2n) is 7.18. The molecule has 134 valence electrons. The lowest BCUT2D eigenvalue weighted by Gasteiger charge is -2.38. The van der Waals surface area contributed by atoms with Crippen LogP contribution in [0.15, 0.2) is 42.5 Å². The number of hydrogen-bond donors (Lipinski definition) is 0. The molecule has 2 aromatic carbocycles. The molecule has 0 saturated carbocycles. The van der Waals surface area contributed by atoms with Crippen LogP contribution in [0.5, 0.6) is 0 Å². The minimum atomic E-state index is 0.0344. The monoisotopic (exact) mass is 349 g/mol. The van der Waals surface area contributed by atoms with E-state index in [9.17, 15) is 4.79 Å². The third-order valence-corrected chi connectivity index (χ3v) is 5.02. The van der Waals surface area contributed by atoms with E-state index in [0.717, 1.165) is 36.1 Å². The summed E-state index contributed by atoms with van der Waals surface area (Å²) in [4.78, 5) is 17.6. The minimum Gasteiger partial charge on any atom is -0.307 e. The van der Waals surface area contributed by atoms with E-state index >= 15 is 0 Å². The van der Waals surface area contributed by atoms with Crippen molar-refractivity contribution in [2.45, 2.75) is 18.9 Å². The molecule has 6 nitrogen and oxygen atoms in total. The van der Waals surface area contributed by atoms with Gasteiger partial charge in [0.2, 0.25) is 0 Å². The fourth-order valence-corrected chi connectivity index (χ4v) is 3.78. The normalized spacial score (nSPS) is 16.9. The van der Waals surface area contributed by atoms with Gasteiger partial charge in [-0.25, -0.2) is 4.68 Å². The highest BCUT2D eigenvalue weighted by molar-refractivity contribution is 6.08. The number of carbonyl (C=O) groups excluding carboxylic acids is 1. The number of para-hydroxylation sites is 1. The Morgan fingerprint density at radius 3 is 2.85 bits per heavy atom. The first-order valence-corrected chi connectivity index (χ1v) is 8.90. The SMILES string of the molecule is CN(C)CC1CCc2ccccc2N1C(=O)c1ccc2nnn(C)c2c1. The van der Waals surface area contributed by atoms with E-state index in [1.807, 2.05) is 42.3 Å². The molecule has 2 heterocycles. The van der Waals surface area contributed by atoms with Crippen molar-refractivity contribution in [3.63, 3.8) is 0 Å². The molecule has 0 spiro atoms. The van der Waals surface area contributed by atoms with Gasteiger partial charge in [-0.2, -0.15) is 0 Å². The zero-order valence-corrected chi connectivity index (χ0v) is 15.4. The van der Waals surface area contributed by atoms with Crippen molar-refractivity contribution in [1.82, 2.24) is 19.9 Å². The Kier molecular flexibility index (Phi) is 4.20. The standard InChI is InChI=1S/C20H23N5O/c1-23(2)13-16-10-8-14-6-4-5-7-18(14)25(16)20(26)15-9-11-17-19(12-15)24(3)22-21-17/h4-7,9,11-12,16H,8,10,13H2,1-3H3. The van der Waals surface area contributed by atoms with Crippen LogP contribution in [0.1, 0.15) is 22.3 Å². The lowest BCUT2D eigenvalue weighted by atomic mass is 9.94. The van der Waals surface area contributed by atoms with Crippen LogP contribution in [0.2, 0.25) is 0 Å². The van der Waals surface area contributed by atoms with Crippen molar-refractivity contribution in [2.75, 3.05) is 25.5 Å². The summed E-state index contributed by atoms with van der Waals surface area (Å²) in [6.45, 7) is 0.843. The number of benzene rings is 2. The second-order valence-corrected chi connectivity index (χ2v) is 7.18. The molecular weight excluding hydrogens is 326 g/mol. The van der Waals surface area contributed by atoms with E-state index in [-0.39, 0.29) is 11.9 Å². The van der Waals surface area contributed by atoms with Gasteiger partial charge in [0.15, 0.2) is 0 Å². The molecule has 1 atom stereocenters. The molecule has 1 aliphatic heterocycles. The van der Waals surface area contributed by atoms with Crippen LogP contribution >= 0.6 is 0 Å². The van der Waals surface area contributed by atoms with Gasteiger partial charge in [0.1, 0.15) is 5.52 Å². The number of likely N-dealkylation sites (N-methyl/N-ethyl adjacent to an activating group) is 1. The van der Waals surface area contributed by atoms with Gasteiger partial charge in [-0.1, -0.05) is 23.4 Å². The Bertz CT molecular complexity index is 962. The number of fused-ring (bicyclic) bond motifs is 2. The van der Waals surface area contributed by atoms with E-state index in [4.69, 9.17) is 0 Å². The molecule has 1 amide bonds. The summed E-state index contributed by atoms with van der Waals surface area (Å²) in [6, 6.07) is 14.0. The van der Waals surface area contributed by atoms with E-state index in [1.165, 1.54) is 5.56 Å². The zero-order chi connectivity index (χ0) is 18.3. The third kappa shape index (κ3) is 2.86. The molecule has 6 heteroatoms. The predicted molar refractivity (Wildman–Crippen MR) is 102 cm³/mol. The number of aromatic nitrogens is 3. The maximum Gasteiger partial charge on any atom is 0.258 e. The number of amides is 1. The van der Waals surface area contributed by atoms with Gasteiger partial charge >= 0.3 is 0 Å². The first-order chi connectivity index (χ1) is 12.5. The second kappa shape index (κ2) is 6.53.